The van der Waals surface area contributed by atoms with Gasteiger partial charge in [-0.3, -0.25) is 0 Å². The van der Waals surface area contributed by atoms with Gasteiger partial charge in [0.05, 0.1) is 6.10 Å². The summed E-state index contributed by atoms with van der Waals surface area (Å²) in [5.41, 5.74) is -0.205. The highest BCUT2D eigenvalue weighted by molar-refractivity contribution is 5.88. The predicted octanol–water partition coefficient (Wildman–Crippen LogP) is 2.39. The second-order valence-corrected chi connectivity index (χ2v) is 5.47. The molecule has 114 valence electrons. The molecule has 0 aromatic carbocycles. The first-order valence-corrected chi connectivity index (χ1v) is 6.96. The third kappa shape index (κ3) is 4.96. The summed E-state index contributed by atoms with van der Waals surface area (Å²) in [5, 5.41) is 0. The molecule has 0 radical (unpaired) electrons. The summed E-state index contributed by atoms with van der Waals surface area (Å²) in [4.78, 5) is 23.1. The molecule has 20 heavy (non-hydrogen) atoms. The molecule has 0 amide bonds. The van der Waals surface area contributed by atoms with E-state index < -0.39 is 17.5 Å². The molecule has 1 rings (SSSR count). The van der Waals surface area contributed by atoms with Crippen LogP contribution in [0.15, 0.2) is 12.2 Å². The van der Waals surface area contributed by atoms with Gasteiger partial charge in [0.15, 0.2) is 6.61 Å². The minimum Gasteiger partial charge on any atom is -0.456 e. The second kappa shape index (κ2) is 7.43. The van der Waals surface area contributed by atoms with Crippen LogP contribution in [0.2, 0.25) is 0 Å². The molecule has 0 aromatic heterocycles. The number of carbonyl (C=O) groups excluding carboxylic acids is 2. The van der Waals surface area contributed by atoms with Crippen LogP contribution in [0.25, 0.3) is 0 Å². The molecule has 0 aromatic rings. The highest BCUT2D eigenvalue weighted by atomic mass is 16.6. The van der Waals surface area contributed by atoms with Crippen LogP contribution in [0.3, 0.4) is 0 Å². The van der Waals surface area contributed by atoms with Gasteiger partial charge in [0.1, 0.15) is 5.60 Å². The van der Waals surface area contributed by atoms with E-state index in [-0.39, 0.29) is 18.3 Å². The lowest BCUT2D eigenvalue weighted by atomic mass is 9.94. The zero-order chi connectivity index (χ0) is 15.2. The highest BCUT2D eigenvalue weighted by Gasteiger charge is 2.39. The first kappa shape index (κ1) is 16.7. The molecule has 1 aliphatic carbocycles. The minimum absolute atomic E-state index is 0.0267. The Balaban J connectivity index is 2.51. The third-order valence-electron chi connectivity index (χ3n) is 3.58. The van der Waals surface area contributed by atoms with Crippen LogP contribution in [-0.2, 0) is 23.8 Å². The summed E-state index contributed by atoms with van der Waals surface area (Å²) in [6.45, 7) is 6.58. The quantitative estimate of drug-likeness (QED) is 0.530. The number of hydrogen-bond donors (Lipinski definition) is 0. The highest BCUT2D eigenvalue weighted by Crippen LogP contribution is 2.37. The fraction of sp³-hybridized carbons (Fsp3) is 0.733. The average molecular weight is 284 g/mol. The Hall–Kier alpha value is -1.36. The van der Waals surface area contributed by atoms with E-state index in [9.17, 15) is 9.59 Å². The SMILES string of the molecule is C=C(C)C(=O)OCC(=O)OC1(CC(C)OC)CCCC1. The van der Waals surface area contributed by atoms with Gasteiger partial charge in [-0.1, -0.05) is 6.58 Å². The number of methoxy groups -OCH3 is 1. The van der Waals surface area contributed by atoms with Crippen molar-refractivity contribution in [2.75, 3.05) is 13.7 Å². The Kier molecular flexibility index (Phi) is 6.20. The topological polar surface area (TPSA) is 61.8 Å². The molecule has 5 nitrogen and oxygen atoms in total. The number of carbonyl (C=O) groups is 2. The van der Waals surface area contributed by atoms with E-state index in [4.69, 9.17) is 14.2 Å². The summed E-state index contributed by atoms with van der Waals surface area (Å²) in [7, 11) is 1.64. The molecule has 1 aliphatic rings. The van der Waals surface area contributed by atoms with Gasteiger partial charge >= 0.3 is 11.9 Å². The molecule has 0 heterocycles. The van der Waals surface area contributed by atoms with Crippen LogP contribution in [0.5, 0.6) is 0 Å². The number of rotatable bonds is 7. The molecule has 0 spiro atoms. The maximum atomic E-state index is 11.8. The second-order valence-electron chi connectivity index (χ2n) is 5.47. The molecule has 5 heteroatoms. The van der Waals surface area contributed by atoms with E-state index in [1.165, 1.54) is 6.92 Å². The van der Waals surface area contributed by atoms with Crippen molar-refractivity contribution in [3.63, 3.8) is 0 Å². The Morgan fingerprint density at radius 3 is 2.40 bits per heavy atom. The molecule has 1 fully saturated rings. The first-order valence-electron chi connectivity index (χ1n) is 6.96. The summed E-state index contributed by atoms with van der Waals surface area (Å²) in [6.07, 6.45) is 4.44. The van der Waals surface area contributed by atoms with Crippen molar-refractivity contribution in [2.45, 2.75) is 57.7 Å². The maximum Gasteiger partial charge on any atom is 0.344 e. The summed E-state index contributed by atoms with van der Waals surface area (Å²) >= 11 is 0. The van der Waals surface area contributed by atoms with E-state index in [1.807, 2.05) is 6.92 Å². The van der Waals surface area contributed by atoms with E-state index in [0.29, 0.717) is 6.42 Å². The van der Waals surface area contributed by atoms with Gasteiger partial charge in [0, 0.05) is 19.1 Å². The molecule has 1 unspecified atom stereocenters. The Morgan fingerprint density at radius 2 is 1.90 bits per heavy atom. The van der Waals surface area contributed by atoms with E-state index in [2.05, 4.69) is 6.58 Å². The van der Waals surface area contributed by atoms with Gasteiger partial charge in [-0.2, -0.15) is 0 Å². The van der Waals surface area contributed by atoms with Crippen LogP contribution >= 0.6 is 0 Å². The van der Waals surface area contributed by atoms with Crippen LogP contribution in [0.4, 0.5) is 0 Å². The van der Waals surface area contributed by atoms with Crippen molar-refractivity contribution in [1.82, 2.24) is 0 Å². The van der Waals surface area contributed by atoms with Gasteiger partial charge in [0.2, 0.25) is 0 Å². The molecular formula is C15H24O5. The van der Waals surface area contributed by atoms with Gasteiger partial charge in [-0.05, 0) is 39.5 Å². The van der Waals surface area contributed by atoms with Crippen LogP contribution in [-0.4, -0.2) is 37.4 Å². The van der Waals surface area contributed by atoms with E-state index in [0.717, 1.165) is 25.7 Å². The summed E-state index contributed by atoms with van der Waals surface area (Å²) in [5.74, 6) is -1.09. The predicted molar refractivity (Wildman–Crippen MR) is 74.2 cm³/mol. The summed E-state index contributed by atoms with van der Waals surface area (Å²) < 4.78 is 15.6. The fourth-order valence-corrected chi connectivity index (χ4v) is 2.49. The van der Waals surface area contributed by atoms with Gasteiger partial charge in [-0.25, -0.2) is 9.59 Å². The van der Waals surface area contributed by atoms with Crippen molar-refractivity contribution in [3.8, 4) is 0 Å². The lowest BCUT2D eigenvalue weighted by molar-refractivity contribution is -0.171. The van der Waals surface area contributed by atoms with Crippen molar-refractivity contribution in [1.29, 1.82) is 0 Å². The molecule has 0 aliphatic heterocycles. The molecular weight excluding hydrogens is 260 g/mol. The fourth-order valence-electron chi connectivity index (χ4n) is 2.49. The largest absolute Gasteiger partial charge is 0.456 e. The smallest absolute Gasteiger partial charge is 0.344 e. The zero-order valence-corrected chi connectivity index (χ0v) is 12.6. The van der Waals surface area contributed by atoms with Crippen molar-refractivity contribution >= 4 is 11.9 Å². The van der Waals surface area contributed by atoms with Crippen molar-refractivity contribution in [2.24, 2.45) is 0 Å². The first-order chi connectivity index (χ1) is 9.38. The van der Waals surface area contributed by atoms with Crippen molar-refractivity contribution in [3.05, 3.63) is 12.2 Å². The average Bonchev–Trinajstić information content (AvgIpc) is 2.83. The van der Waals surface area contributed by atoms with Gasteiger partial charge in [-0.15, -0.1) is 0 Å². The van der Waals surface area contributed by atoms with Crippen LogP contribution < -0.4 is 0 Å². The zero-order valence-electron chi connectivity index (χ0n) is 12.6. The summed E-state index contributed by atoms with van der Waals surface area (Å²) in [6, 6.07) is 0. The monoisotopic (exact) mass is 284 g/mol. The van der Waals surface area contributed by atoms with Crippen molar-refractivity contribution < 1.29 is 23.8 Å². The van der Waals surface area contributed by atoms with Crippen LogP contribution in [0.1, 0.15) is 46.0 Å². The minimum atomic E-state index is -0.576. The lowest BCUT2D eigenvalue weighted by Crippen LogP contribution is -2.37. The number of esters is 2. The normalized spacial score (nSPS) is 18.4. The Labute approximate surface area is 120 Å². The van der Waals surface area contributed by atoms with Crippen LogP contribution in [0, 0.1) is 0 Å². The van der Waals surface area contributed by atoms with Gasteiger partial charge < -0.3 is 14.2 Å². The number of ether oxygens (including phenoxy) is 3. The molecule has 0 bridgehead atoms. The van der Waals surface area contributed by atoms with E-state index >= 15 is 0 Å². The maximum absolute atomic E-state index is 11.8. The molecule has 1 saturated carbocycles. The standard InChI is InChI=1S/C15H24O5/c1-11(2)14(17)19-10-13(16)20-15(7-5-6-8-15)9-12(3)18-4/h12H,1,5-10H2,2-4H3. The Morgan fingerprint density at radius 1 is 1.30 bits per heavy atom. The van der Waals surface area contributed by atoms with Gasteiger partial charge in [0.25, 0.3) is 0 Å². The molecule has 0 N–H and O–H groups in total. The third-order valence-corrected chi connectivity index (χ3v) is 3.58. The molecule has 1 atom stereocenters. The molecule has 0 saturated heterocycles. The van der Waals surface area contributed by atoms with E-state index in [1.54, 1.807) is 7.11 Å². The number of hydrogen-bond acceptors (Lipinski definition) is 5. The lowest BCUT2D eigenvalue weighted by Gasteiger charge is -2.31. The Bertz CT molecular complexity index is 368.